The summed E-state index contributed by atoms with van der Waals surface area (Å²) in [6.45, 7) is 6.78. The van der Waals surface area contributed by atoms with Gasteiger partial charge in [0, 0.05) is 45.4 Å². The first-order valence-corrected chi connectivity index (χ1v) is 10.1. The first-order chi connectivity index (χ1) is 13.3. The number of nitrogens with one attached hydrogen (secondary N) is 2. The monoisotopic (exact) mass is 375 g/mol. The molecule has 1 atom stereocenters. The van der Waals surface area contributed by atoms with Crippen molar-refractivity contribution in [1.29, 1.82) is 0 Å². The van der Waals surface area contributed by atoms with Gasteiger partial charge in [-0.2, -0.15) is 0 Å². The molecule has 1 aromatic carbocycles. The average Bonchev–Trinajstić information content (AvgIpc) is 3.23. The second kappa shape index (κ2) is 9.95. The van der Waals surface area contributed by atoms with Crippen LogP contribution in [-0.2, 0) is 14.9 Å². The summed E-state index contributed by atoms with van der Waals surface area (Å²) in [5.41, 5.74) is 1.38. The third kappa shape index (κ3) is 5.36. The summed E-state index contributed by atoms with van der Waals surface area (Å²) in [6.07, 6.45) is 4.57. The number of aliphatic imine (C=N–C) groups is 1. The van der Waals surface area contributed by atoms with Gasteiger partial charge in [0.25, 0.3) is 0 Å². The van der Waals surface area contributed by atoms with Gasteiger partial charge >= 0.3 is 0 Å². The molecule has 0 saturated carbocycles. The zero-order valence-corrected chi connectivity index (χ0v) is 16.6. The van der Waals surface area contributed by atoms with Crippen molar-refractivity contribution in [2.75, 3.05) is 46.6 Å². The lowest BCUT2D eigenvalue weighted by Crippen LogP contribution is -2.49. The number of rotatable bonds is 7. The van der Waals surface area contributed by atoms with Crippen molar-refractivity contribution in [3.8, 4) is 5.75 Å². The van der Waals surface area contributed by atoms with Crippen LogP contribution in [0.2, 0.25) is 0 Å². The molecule has 0 amide bonds. The third-order valence-electron chi connectivity index (χ3n) is 5.57. The number of hydrogen-bond donors (Lipinski definition) is 2. The Kier molecular flexibility index (Phi) is 7.35. The second-order valence-corrected chi connectivity index (χ2v) is 7.29. The van der Waals surface area contributed by atoms with Gasteiger partial charge in [0.05, 0.1) is 12.7 Å². The van der Waals surface area contributed by atoms with E-state index in [1.807, 2.05) is 14.0 Å². The molecular formula is C21H33N3O3. The minimum absolute atomic E-state index is 0.0461. The molecule has 0 spiro atoms. The van der Waals surface area contributed by atoms with Crippen LogP contribution in [0.4, 0.5) is 0 Å². The van der Waals surface area contributed by atoms with Crippen LogP contribution in [0.1, 0.15) is 38.2 Å². The first kappa shape index (κ1) is 20.0. The summed E-state index contributed by atoms with van der Waals surface area (Å²) >= 11 is 0. The van der Waals surface area contributed by atoms with E-state index in [9.17, 15) is 0 Å². The highest BCUT2D eigenvalue weighted by molar-refractivity contribution is 5.79. The van der Waals surface area contributed by atoms with E-state index in [0.717, 1.165) is 70.3 Å². The summed E-state index contributed by atoms with van der Waals surface area (Å²) in [5.74, 6) is 1.76. The molecule has 6 heteroatoms. The van der Waals surface area contributed by atoms with E-state index in [0.29, 0.717) is 12.7 Å². The molecular weight excluding hydrogens is 342 g/mol. The average molecular weight is 376 g/mol. The first-order valence-electron chi connectivity index (χ1n) is 10.1. The number of benzene rings is 1. The minimum Gasteiger partial charge on any atom is -0.494 e. The maximum absolute atomic E-state index is 5.69. The molecule has 0 aliphatic carbocycles. The summed E-state index contributed by atoms with van der Waals surface area (Å²) in [7, 11) is 1.82. The molecule has 0 bridgehead atoms. The number of nitrogens with zero attached hydrogens (tertiary/aromatic N) is 1. The van der Waals surface area contributed by atoms with Crippen LogP contribution in [0, 0.1) is 0 Å². The van der Waals surface area contributed by atoms with E-state index in [-0.39, 0.29) is 5.41 Å². The fourth-order valence-electron chi connectivity index (χ4n) is 3.89. The van der Waals surface area contributed by atoms with Crippen LogP contribution in [0.5, 0.6) is 5.75 Å². The van der Waals surface area contributed by atoms with Crippen LogP contribution >= 0.6 is 0 Å². The lowest BCUT2D eigenvalue weighted by atomic mass is 9.74. The van der Waals surface area contributed by atoms with Crippen molar-refractivity contribution in [1.82, 2.24) is 10.6 Å². The molecule has 1 unspecified atom stereocenters. The van der Waals surface area contributed by atoms with Crippen molar-refractivity contribution < 1.29 is 14.2 Å². The molecule has 27 heavy (non-hydrogen) atoms. The van der Waals surface area contributed by atoms with Crippen LogP contribution in [0.25, 0.3) is 0 Å². The predicted molar refractivity (Wildman–Crippen MR) is 108 cm³/mol. The van der Waals surface area contributed by atoms with Crippen molar-refractivity contribution in [2.45, 2.75) is 44.1 Å². The molecule has 2 heterocycles. The molecule has 2 aliphatic heterocycles. The van der Waals surface area contributed by atoms with Crippen molar-refractivity contribution in [3.05, 3.63) is 29.8 Å². The smallest absolute Gasteiger partial charge is 0.191 e. The number of hydrogen-bond acceptors (Lipinski definition) is 4. The molecule has 0 aromatic heterocycles. The van der Waals surface area contributed by atoms with E-state index in [4.69, 9.17) is 14.2 Å². The third-order valence-corrected chi connectivity index (χ3v) is 5.57. The highest BCUT2D eigenvalue weighted by Gasteiger charge is 2.34. The largest absolute Gasteiger partial charge is 0.494 e. The lowest BCUT2D eigenvalue weighted by Gasteiger charge is -2.38. The van der Waals surface area contributed by atoms with Crippen molar-refractivity contribution >= 4 is 5.96 Å². The fourth-order valence-corrected chi connectivity index (χ4v) is 3.89. The van der Waals surface area contributed by atoms with Gasteiger partial charge in [-0.1, -0.05) is 12.1 Å². The Morgan fingerprint density at radius 3 is 2.59 bits per heavy atom. The Labute approximate surface area is 162 Å². The highest BCUT2D eigenvalue weighted by atomic mass is 16.5. The van der Waals surface area contributed by atoms with Crippen LogP contribution in [0.3, 0.4) is 0 Å². The second-order valence-electron chi connectivity index (χ2n) is 7.29. The topological polar surface area (TPSA) is 64.1 Å². The van der Waals surface area contributed by atoms with Gasteiger partial charge in [-0.15, -0.1) is 0 Å². The molecule has 3 rings (SSSR count). The van der Waals surface area contributed by atoms with Gasteiger partial charge in [-0.25, -0.2) is 0 Å². The van der Waals surface area contributed by atoms with Gasteiger partial charge in [-0.3, -0.25) is 4.99 Å². The number of guanidine groups is 1. The molecule has 150 valence electrons. The molecule has 2 fully saturated rings. The Morgan fingerprint density at radius 1 is 1.19 bits per heavy atom. The van der Waals surface area contributed by atoms with E-state index < -0.39 is 0 Å². The van der Waals surface area contributed by atoms with Crippen molar-refractivity contribution in [3.63, 3.8) is 0 Å². The Morgan fingerprint density at radius 2 is 1.96 bits per heavy atom. The SMILES string of the molecule is CCOc1ccc(C2(CNC(=NC)NCC3CCCO3)CCOCC2)cc1. The summed E-state index contributed by atoms with van der Waals surface area (Å²) in [4.78, 5) is 4.38. The Bertz CT molecular complexity index is 591. The van der Waals surface area contributed by atoms with Gasteiger partial charge in [-0.05, 0) is 50.3 Å². The van der Waals surface area contributed by atoms with Gasteiger partial charge in [0.1, 0.15) is 5.75 Å². The number of ether oxygens (including phenoxy) is 3. The van der Waals surface area contributed by atoms with Gasteiger partial charge < -0.3 is 24.8 Å². The fraction of sp³-hybridized carbons (Fsp3) is 0.667. The molecule has 2 aliphatic rings. The summed E-state index contributed by atoms with van der Waals surface area (Å²) in [6, 6.07) is 8.53. The maximum atomic E-state index is 5.69. The molecule has 6 nitrogen and oxygen atoms in total. The maximum Gasteiger partial charge on any atom is 0.191 e. The Hall–Kier alpha value is -1.79. The highest BCUT2D eigenvalue weighted by Crippen LogP contribution is 2.35. The lowest BCUT2D eigenvalue weighted by molar-refractivity contribution is 0.0513. The Balaban J connectivity index is 1.63. The van der Waals surface area contributed by atoms with Crippen LogP contribution in [0.15, 0.2) is 29.3 Å². The van der Waals surface area contributed by atoms with Gasteiger partial charge in [0.15, 0.2) is 5.96 Å². The minimum atomic E-state index is 0.0461. The van der Waals surface area contributed by atoms with E-state index in [1.165, 1.54) is 5.56 Å². The quantitative estimate of drug-likeness (QED) is 0.566. The summed E-state index contributed by atoms with van der Waals surface area (Å²) < 4.78 is 16.9. The standard InChI is InChI=1S/C21H33N3O3/c1-3-26-18-8-6-17(7-9-18)21(10-13-25-14-11-21)16-24-20(22-2)23-15-19-5-4-12-27-19/h6-9,19H,3-5,10-16H2,1-2H3,(H2,22,23,24). The van der Waals surface area contributed by atoms with Crippen LogP contribution in [-0.4, -0.2) is 58.6 Å². The van der Waals surface area contributed by atoms with E-state index in [2.05, 4.69) is 39.9 Å². The summed E-state index contributed by atoms with van der Waals surface area (Å²) in [5, 5.41) is 6.95. The molecule has 0 radical (unpaired) electrons. The van der Waals surface area contributed by atoms with E-state index >= 15 is 0 Å². The predicted octanol–water partition coefficient (Wildman–Crippen LogP) is 2.48. The van der Waals surface area contributed by atoms with Crippen molar-refractivity contribution in [2.24, 2.45) is 4.99 Å². The molecule has 1 aromatic rings. The zero-order chi connectivity index (χ0) is 19.0. The van der Waals surface area contributed by atoms with Gasteiger partial charge in [0.2, 0.25) is 0 Å². The molecule has 2 N–H and O–H groups in total. The normalized spacial score (nSPS) is 22.4. The molecule has 2 saturated heterocycles. The zero-order valence-electron chi connectivity index (χ0n) is 16.6. The van der Waals surface area contributed by atoms with E-state index in [1.54, 1.807) is 0 Å². The van der Waals surface area contributed by atoms with Crippen LogP contribution < -0.4 is 15.4 Å².